The Balaban J connectivity index is 2.45. The summed E-state index contributed by atoms with van der Waals surface area (Å²) < 4.78 is 10.5. The number of nitrogens with one attached hydrogen (secondary N) is 1. The lowest BCUT2D eigenvalue weighted by atomic mass is 10.2. The van der Waals surface area contributed by atoms with Crippen LogP contribution in [0.3, 0.4) is 0 Å². The van der Waals surface area contributed by atoms with E-state index in [2.05, 4.69) is 5.32 Å². The lowest BCUT2D eigenvalue weighted by molar-refractivity contribution is -0.127. The lowest BCUT2D eigenvalue weighted by Crippen LogP contribution is -2.37. The molecule has 0 spiro atoms. The summed E-state index contributed by atoms with van der Waals surface area (Å²) in [4.78, 5) is 11.8. The first-order chi connectivity index (χ1) is 9.19. The number of methoxy groups -OCH3 is 1. The highest BCUT2D eigenvalue weighted by atomic mass is 16.5. The topological polar surface area (TPSA) is 67.8 Å². The molecule has 0 fully saturated rings. The summed E-state index contributed by atoms with van der Waals surface area (Å²) in [6.45, 7) is 2.74. The molecule has 5 nitrogen and oxygen atoms in total. The molecular formula is C14H21NO4. The van der Waals surface area contributed by atoms with Crippen LogP contribution in [-0.4, -0.2) is 37.4 Å². The predicted molar refractivity (Wildman–Crippen MR) is 72.0 cm³/mol. The van der Waals surface area contributed by atoms with Crippen molar-refractivity contribution in [3.63, 3.8) is 0 Å². The fourth-order valence-electron chi connectivity index (χ4n) is 1.57. The van der Waals surface area contributed by atoms with Gasteiger partial charge in [-0.1, -0.05) is 18.2 Å². The largest absolute Gasteiger partial charge is 0.481 e. The van der Waals surface area contributed by atoms with Gasteiger partial charge in [-0.15, -0.1) is 0 Å². The molecule has 1 unspecified atom stereocenters. The van der Waals surface area contributed by atoms with Crippen molar-refractivity contribution in [2.75, 3.05) is 20.3 Å². The van der Waals surface area contributed by atoms with Crippen molar-refractivity contribution in [3.05, 3.63) is 29.8 Å². The summed E-state index contributed by atoms with van der Waals surface area (Å²) in [5, 5.41) is 11.9. The molecule has 0 aliphatic carbocycles. The van der Waals surface area contributed by atoms with Gasteiger partial charge in [0.05, 0.1) is 6.61 Å². The highest BCUT2D eigenvalue weighted by Gasteiger charge is 2.15. The van der Waals surface area contributed by atoms with Gasteiger partial charge < -0.3 is 19.9 Å². The molecule has 0 saturated heterocycles. The Labute approximate surface area is 113 Å². The fourth-order valence-corrected chi connectivity index (χ4v) is 1.57. The van der Waals surface area contributed by atoms with Crippen LogP contribution in [0.25, 0.3) is 0 Å². The Hall–Kier alpha value is -1.59. The van der Waals surface area contributed by atoms with Gasteiger partial charge in [-0.3, -0.25) is 4.79 Å². The smallest absolute Gasteiger partial charge is 0.260 e. The number of rotatable bonds is 8. The molecule has 0 aliphatic rings. The van der Waals surface area contributed by atoms with E-state index < -0.39 is 6.10 Å². The van der Waals surface area contributed by atoms with Gasteiger partial charge in [-0.25, -0.2) is 0 Å². The Bertz CT molecular complexity index is 395. The van der Waals surface area contributed by atoms with E-state index in [1.165, 1.54) is 0 Å². The molecule has 5 heteroatoms. The van der Waals surface area contributed by atoms with E-state index in [1.54, 1.807) is 32.2 Å². The second-order valence-electron chi connectivity index (χ2n) is 4.16. The first-order valence-electron chi connectivity index (χ1n) is 6.31. The number of benzene rings is 1. The van der Waals surface area contributed by atoms with Gasteiger partial charge in [0.15, 0.2) is 6.10 Å². The van der Waals surface area contributed by atoms with Crippen LogP contribution in [-0.2, 0) is 16.1 Å². The highest BCUT2D eigenvalue weighted by Crippen LogP contribution is 2.19. The summed E-state index contributed by atoms with van der Waals surface area (Å²) in [7, 11) is 1.62. The van der Waals surface area contributed by atoms with Crippen LogP contribution in [0.1, 0.15) is 18.9 Å². The van der Waals surface area contributed by atoms with Crippen LogP contribution in [0.4, 0.5) is 0 Å². The number of amides is 1. The van der Waals surface area contributed by atoms with E-state index in [1.807, 2.05) is 6.07 Å². The Morgan fingerprint density at radius 2 is 2.16 bits per heavy atom. The van der Waals surface area contributed by atoms with Crippen molar-refractivity contribution < 1.29 is 19.4 Å². The minimum absolute atomic E-state index is 0.113. The zero-order valence-electron chi connectivity index (χ0n) is 11.4. The van der Waals surface area contributed by atoms with E-state index in [9.17, 15) is 9.90 Å². The van der Waals surface area contributed by atoms with E-state index in [0.717, 1.165) is 6.42 Å². The lowest BCUT2D eigenvalue weighted by Gasteiger charge is -2.16. The van der Waals surface area contributed by atoms with Crippen molar-refractivity contribution in [3.8, 4) is 5.75 Å². The van der Waals surface area contributed by atoms with Crippen molar-refractivity contribution >= 4 is 5.91 Å². The number of hydrogen-bond acceptors (Lipinski definition) is 4. The van der Waals surface area contributed by atoms with E-state index in [4.69, 9.17) is 9.47 Å². The van der Waals surface area contributed by atoms with Gasteiger partial charge in [0.2, 0.25) is 0 Å². The third kappa shape index (κ3) is 5.28. The number of ether oxygens (including phenoxy) is 2. The molecule has 19 heavy (non-hydrogen) atoms. The van der Waals surface area contributed by atoms with Gasteiger partial charge in [-0.05, 0) is 19.4 Å². The van der Waals surface area contributed by atoms with Crippen molar-refractivity contribution in [1.29, 1.82) is 0 Å². The van der Waals surface area contributed by atoms with Crippen LogP contribution in [0, 0.1) is 0 Å². The molecule has 1 aromatic carbocycles. The first kappa shape index (κ1) is 15.5. The fraction of sp³-hybridized carbons (Fsp3) is 0.500. The predicted octanol–water partition coefficient (Wildman–Crippen LogP) is 1.10. The summed E-state index contributed by atoms with van der Waals surface area (Å²) in [6, 6.07) is 7.12. The third-order valence-corrected chi connectivity index (χ3v) is 2.64. The maximum absolute atomic E-state index is 11.8. The highest BCUT2D eigenvalue weighted by molar-refractivity contribution is 5.80. The molecule has 0 heterocycles. The van der Waals surface area contributed by atoms with Crippen LogP contribution >= 0.6 is 0 Å². The SMILES string of the molecule is COCCCNC(=O)C(C)Oc1ccccc1CO. The average molecular weight is 267 g/mol. The monoisotopic (exact) mass is 267 g/mol. The van der Waals surface area contributed by atoms with Gasteiger partial charge in [0, 0.05) is 25.8 Å². The molecule has 2 N–H and O–H groups in total. The van der Waals surface area contributed by atoms with Crippen LogP contribution in [0.5, 0.6) is 5.75 Å². The van der Waals surface area contributed by atoms with Crippen LogP contribution < -0.4 is 10.1 Å². The van der Waals surface area contributed by atoms with Gasteiger partial charge in [0.25, 0.3) is 5.91 Å². The minimum atomic E-state index is -0.602. The number of carbonyl (C=O) groups is 1. The second kappa shape index (κ2) is 8.50. The number of carbonyl (C=O) groups excluding carboxylic acids is 1. The summed E-state index contributed by atoms with van der Waals surface area (Å²) in [5.41, 5.74) is 0.668. The quantitative estimate of drug-likeness (QED) is 0.692. The number of aliphatic hydroxyl groups excluding tert-OH is 1. The third-order valence-electron chi connectivity index (χ3n) is 2.64. The second-order valence-corrected chi connectivity index (χ2v) is 4.16. The van der Waals surface area contributed by atoms with Crippen molar-refractivity contribution in [1.82, 2.24) is 5.32 Å². The van der Waals surface area contributed by atoms with Gasteiger partial charge >= 0.3 is 0 Å². The maximum Gasteiger partial charge on any atom is 0.260 e. The Kier molecular flexibility index (Phi) is 6.92. The van der Waals surface area contributed by atoms with E-state index in [0.29, 0.717) is 24.5 Å². The van der Waals surface area contributed by atoms with Gasteiger partial charge in [0.1, 0.15) is 5.75 Å². The summed E-state index contributed by atoms with van der Waals surface area (Å²) >= 11 is 0. The molecule has 106 valence electrons. The molecule has 1 atom stereocenters. The standard InChI is InChI=1S/C14H21NO4/c1-11(14(17)15-8-5-9-18-2)19-13-7-4-3-6-12(13)10-16/h3-4,6-7,11,16H,5,8-10H2,1-2H3,(H,15,17). The first-order valence-corrected chi connectivity index (χ1v) is 6.31. The van der Waals surface area contributed by atoms with E-state index in [-0.39, 0.29) is 12.5 Å². The zero-order chi connectivity index (χ0) is 14.1. The van der Waals surface area contributed by atoms with Crippen LogP contribution in [0.15, 0.2) is 24.3 Å². The average Bonchev–Trinajstić information content (AvgIpc) is 2.44. The van der Waals surface area contributed by atoms with Gasteiger partial charge in [-0.2, -0.15) is 0 Å². The Morgan fingerprint density at radius 3 is 2.84 bits per heavy atom. The number of aliphatic hydroxyl groups is 1. The molecule has 0 aliphatic heterocycles. The Morgan fingerprint density at radius 1 is 1.42 bits per heavy atom. The molecular weight excluding hydrogens is 246 g/mol. The maximum atomic E-state index is 11.8. The van der Waals surface area contributed by atoms with Crippen molar-refractivity contribution in [2.45, 2.75) is 26.1 Å². The minimum Gasteiger partial charge on any atom is -0.481 e. The number of hydrogen-bond donors (Lipinski definition) is 2. The zero-order valence-corrected chi connectivity index (χ0v) is 11.4. The van der Waals surface area contributed by atoms with Crippen LogP contribution in [0.2, 0.25) is 0 Å². The molecule has 1 amide bonds. The molecule has 0 saturated carbocycles. The molecule has 1 aromatic rings. The molecule has 0 radical (unpaired) electrons. The summed E-state index contributed by atoms with van der Waals surface area (Å²) in [6.07, 6.45) is 0.164. The van der Waals surface area contributed by atoms with Crippen molar-refractivity contribution in [2.24, 2.45) is 0 Å². The number of para-hydroxylation sites is 1. The molecule has 0 aromatic heterocycles. The normalized spacial score (nSPS) is 11.9. The molecule has 1 rings (SSSR count). The van der Waals surface area contributed by atoms with E-state index >= 15 is 0 Å². The molecule has 0 bridgehead atoms. The summed E-state index contributed by atoms with van der Waals surface area (Å²) in [5.74, 6) is 0.355.